The first kappa shape index (κ1) is 11.2. The molecule has 1 aromatic carbocycles. The standard InChI is InChI=1S/C9H8FIO3/c1-5(9(12)13)14-8-3-2-6(10)4-7(8)11/h2-5H,1H3,(H,12,13). The Bertz CT molecular complexity index is 354. The van der Waals surface area contributed by atoms with Crippen LogP contribution in [0.4, 0.5) is 4.39 Å². The summed E-state index contributed by atoms with van der Waals surface area (Å²) in [6.07, 6.45) is -0.936. The third-order valence-corrected chi connectivity index (χ3v) is 2.39. The van der Waals surface area contributed by atoms with Gasteiger partial charge in [-0.05, 0) is 47.7 Å². The van der Waals surface area contributed by atoms with Gasteiger partial charge in [-0.25, -0.2) is 9.18 Å². The predicted octanol–water partition coefficient (Wildman–Crippen LogP) is 2.28. The molecule has 0 radical (unpaired) electrons. The Hall–Kier alpha value is -0.850. The SMILES string of the molecule is CC(Oc1ccc(F)cc1I)C(=O)O. The molecule has 1 atom stereocenters. The van der Waals surface area contributed by atoms with Crippen molar-refractivity contribution in [1.82, 2.24) is 0 Å². The molecule has 1 N–H and O–H groups in total. The van der Waals surface area contributed by atoms with Gasteiger partial charge in [0, 0.05) is 0 Å². The van der Waals surface area contributed by atoms with Crippen LogP contribution in [0.15, 0.2) is 18.2 Å². The number of carboxylic acid groups (broad SMARTS) is 1. The Balaban J connectivity index is 2.82. The van der Waals surface area contributed by atoms with Gasteiger partial charge in [-0.1, -0.05) is 0 Å². The van der Waals surface area contributed by atoms with Crippen LogP contribution in [0, 0.1) is 9.39 Å². The number of ether oxygens (including phenoxy) is 1. The average molecular weight is 310 g/mol. The maximum atomic E-state index is 12.7. The first-order valence-corrected chi connectivity index (χ1v) is 4.93. The van der Waals surface area contributed by atoms with Crippen LogP contribution >= 0.6 is 22.6 Å². The van der Waals surface area contributed by atoms with E-state index in [1.54, 1.807) is 0 Å². The maximum Gasteiger partial charge on any atom is 0.344 e. The van der Waals surface area contributed by atoms with Crippen molar-refractivity contribution in [2.24, 2.45) is 0 Å². The van der Waals surface area contributed by atoms with Gasteiger partial charge < -0.3 is 9.84 Å². The van der Waals surface area contributed by atoms with Crippen LogP contribution in [-0.2, 0) is 4.79 Å². The quantitative estimate of drug-likeness (QED) is 0.871. The fourth-order valence-electron chi connectivity index (χ4n) is 0.812. The van der Waals surface area contributed by atoms with Crippen LogP contribution in [0.25, 0.3) is 0 Å². The number of carboxylic acids is 1. The Kier molecular flexibility index (Phi) is 3.68. The second-order valence-electron chi connectivity index (χ2n) is 2.67. The van der Waals surface area contributed by atoms with E-state index in [9.17, 15) is 9.18 Å². The number of halogens is 2. The van der Waals surface area contributed by atoms with Gasteiger partial charge >= 0.3 is 5.97 Å². The van der Waals surface area contributed by atoms with Gasteiger partial charge in [0.05, 0.1) is 3.57 Å². The minimum absolute atomic E-state index is 0.371. The molecule has 0 aliphatic carbocycles. The fraction of sp³-hybridized carbons (Fsp3) is 0.222. The summed E-state index contributed by atoms with van der Waals surface area (Å²) in [4.78, 5) is 10.5. The lowest BCUT2D eigenvalue weighted by Crippen LogP contribution is -2.23. The van der Waals surface area contributed by atoms with Crippen LogP contribution < -0.4 is 4.74 Å². The van der Waals surface area contributed by atoms with E-state index in [0.29, 0.717) is 9.32 Å². The first-order valence-electron chi connectivity index (χ1n) is 3.85. The van der Waals surface area contributed by atoms with E-state index in [-0.39, 0.29) is 5.82 Å². The van der Waals surface area contributed by atoms with Gasteiger partial charge in [0.25, 0.3) is 0 Å². The van der Waals surface area contributed by atoms with E-state index in [4.69, 9.17) is 9.84 Å². The highest BCUT2D eigenvalue weighted by Gasteiger charge is 2.14. The summed E-state index contributed by atoms with van der Waals surface area (Å²) in [6, 6.07) is 3.92. The third-order valence-electron chi connectivity index (χ3n) is 1.55. The molecule has 0 aliphatic heterocycles. The van der Waals surface area contributed by atoms with Gasteiger partial charge in [-0.15, -0.1) is 0 Å². The molecular weight excluding hydrogens is 302 g/mol. The second kappa shape index (κ2) is 4.59. The number of aliphatic carboxylic acids is 1. The number of rotatable bonds is 3. The average Bonchev–Trinajstić information content (AvgIpc) is 2.09. The summed E-state index contributed by atoms with van der Waals surface area (Å²) in [6.45, 7) is 1.42. The van der Waals surface area contributed by atoms with Crippen molar-refractivity contribution in [3.63, 3.8) is 0 Å². The lowest BCUT2D eigenvalue weighted by Gasteiger charge is -2.11. The molecule has 0 fully saturated rings. The molecule has 0 aromatic heterocycles. The largest absolute Gasteiger partial charge is 0.479 e. The monoisotopic (exact) mass is 310 g/mol. The molecule has 0 spiro atoms. The zero-order valence-corrected chi connectivity index (χ0v) is 9.49. The molecule has 0 aliphatic rings. The smallest absolute Gasteiger partial charge is 0.344 e. The minimum atomic E-state index is -1.05. The molecule has 0 amide bonds. The van der Waals surface area contributed by atoms with Crippen molar-refractivity contribution in [2.75, 3.05) is 0 Å². The summed E-state index contributed by atoms with van der Waals surface area (Å²) in [5.74, 6) is -1.04. The second-order valence-corrected chi connectivity index (χ2v) is 3.84. The van der Waals surface area contributed by atoms with Gasteiger partial charge in [-0.2, -0.15) is 0 Å². The Labute approximate surface area is 94.0 Å². The Morgan fingerprint density at radius 3 is 2.79 bits per heavy atom. The van der Waals surface area contributed by atoms with Crippen molar-refractivity contribution in [3.05, 3.63) is 27.6 Å². The normalized spacial score (nSPS) is 12.2. The highest BCUT2D eigenvalue weighted by Crippen LogP contribution is 2.22. The Morgan fingerprint density at radius 2 is 2.29 bits per heavy atom. The molecule has 1 aromatic rings. The predicted molar refractivity (Wildman–Crippen MR) is 56.8 cm³/mol. The van der Waals surface area contributed by atoms with E-state index in [2.05, 4.69) is 0 Å². The van der Waals surface area contributed by atoms with Gasteiger partial charge in [0.1, 0.15) is 11.6 Å². The van der Waals surface area contributed by atoms with Gasteiger partial charge in [0.15, 0.2) is 6.10 Å². The van der Waals surface area contributed by atoms with Crippen molar-refractivity contribution >= 4 is 28.6 Å². The van der Waals surface area contributed by atoms with E-state index in [0.717, 1.165) is 0 Å². The van der Waals surface area contributed by atoms with E-state index in [1.165, 1.54) is 25.1 Å². The molecular formula is C9H8FIO3. The number of benzene rings is 1. The summed E-state index contributed by atoms with van der Waals surface area (Å²) in [5, 5.41) is 8.59. The highest BCUT2D eigenvalue weighted by atomic mass is 127. The zero-order chi connectivity index (χ0) is 10.7. The molecule has 5 heteroatoms. The van der Waals surface area contributed by atoms with E-state index >= 15 is 0 Å². The molecule has 3 nitrogen and oxygen atoms in total. The van der Waals surface area contributed by atoms with Crippen LogP contribution in [0.1, 0.15) is 6.92 Å². The number of carbonyl (C=O) groups is 1. The van der Waals surface area contributed by atoms with Crippen LogP contribution in [0.5, 0.6) is 5.75 Å². The molecule has 1 rings (SSSR count). The molecule has 0 saturated carbocycles. The molecule has 1 unspecified atom stereocenters. The Morgan fingerprint density at radius 1 is 1.64 bits per heavy atom. The molecule has 0 heterocycles. The highest BCUT2D eigenvalue weighted by molar-refractivity contribution is 14.1. The van der Waals surface area contributed by atoms with Crippen LogP contribution in [0.3, 0.4) is 0 Å². The van der Waals surface area contributed by atoms with Crippen molar-refractivity contribution < 1.29 is 19.0 Å². The number of hydrogen-bond acceptors (Lipinski definition) is 2. The third kappa shape index (κ3) is 2.83. The summed E-state index contributed by atoms with van der Waals surface area (Å²) < 4.78 is 18.3. The maximum absolute atomic E-state index is 12.7. The van der Waals surface area contributed by atoms with Crippen LogP contribution in [0.2, 0.25) is 0 Å². The summed E-state index contributed by atoms with van der Waals surface area (Å²) >= 11 is 1.88. The zero-order valence-electron chi connectivity index (χ0n) is 7.33. The van der Waals surface area contributed by atoms with Crippen molar-refractivity contribution in [2.45, 2.75) is 13.0 Å². The van der Waals surface area contributed by atoms with Gasteiger partial charge in [-0.3, -0.25) is 0 Å². The fourth-order valence-corrected chi connectivity index (χ4v) is 1.42. The minimum Gasteiger partial charge on any atom is -0.479 e. The van der Waals surface area contributed by atoms with Crippen molar-refractivity contribution in [1.29, 1.82) is 0 Å². The summed E-state index contributed by atoms with van der Waals surface area (Å²) in [5.41, 5.74) is 0. The lowest BCUT2D eigenvalue weighted by atomic mass is 10.3. The molecule has 14 heavy (non-hydrogen) atoms. The molecule has 76 valence electrons. The topological polar surface area (TPSA) is 46.5 Å². The molecule has 0 bridgehead atoms. The first-order chi connectivity index (χ1) is 6.50. The number of hydrogen-bond donors (Lipinski definition) is 1. The van der Waals surface area contributed by atoms with Crippen LogP contribution in [-0.4, -0.2) is 17.2 Å². The van der Waals surface area contributed by atoms with Gasteiger partial charge in [0.2, 0.25) is 0 Å². The summed E-state index contributed by atoms with van der Waals surface area (Å²) in [7, 11) is 0. The lowest BCUT2D eigenvalue weighted by molar-refractivity contribution is -0.144. The van der Waals surface area contributed by atoms with E-state index in [1.807, 2.05) is 22.6 Å². The van der Waals surface area contributed by atoms with E-state index < -0.39 is 12.1 Å². The molecule has 0 saturated heterocycles. The van der Waals surface area contributed by atoms with Crippen molar-refractivity contribution in [3.8, 4) is 5.75 Å².